The first kappa shape index (κ1) is 18.1. The van der Waals surface area contributed by atoms with Gasteiger partial charge in [-0.2, -0.15) is 0 Å². The molecular weight excluding hydrogens is 384 g/mol. The number of aryl methyl sites for hydroxylation is 1. The zero-order chi connectivity index (χ0) is 19.2. The van der Waals surface area contributed by atoms with Gasteiger partial charge in [0.05, 0.1) is 5.69 Å². The number of aromatic nitrogens is 3. The van der Waals surface area contributed by atoms with Crippen molar-refractivity contribution in [3.05, 3.63) is 41.4 Å². The van der Waals surface area contributed by atoms with Crippen molar-refractivity contribution in [3.63, 3.8) is 0 Å². The number of sulfonamides is 1. The van der Waals surface area contributed by atoms with Crippen molar-refractivity contribution in [2.75, 3.05) is 11.0 Å². The van der Waals surface area contributed by atoms with E-state index in [1.807, 2.05) is 18.4 Å². The minimum atomic E-state index is -3.78. The van der Waals surface area contributed by atoms with E-state index in [1.54, 1.807) is 26.0 Å². The Labute approximate surface area is 162 Å². The van der Waals surface area contributed by atoms with Crippen LogP contribution in [0.25, 0.3) is 11.6 Å². The summed E-state index contributed by atoms with van der Waals surface area (Å²) in [6, 6.07) is 7.31. The molecule has 27 heavy (non-hydrogen) atoms. The summed E-state index contributed by atoms with van der Waals surface area (Å²) in [6.45, 7) is 3.47. The molecule has 0 amide bonds. The molecule has 1 fully saturated rings. The van der Waals surface area contributed by atoms with Crippen LogP contribution in [0.15, 0.2) is 38.5 Å². The first-order valence-corrected chi connectivity index (χ1v) is 11.3. The molecule has 1 aliphatic rings. The predicted molar refractivity (Wildman–Crippen MR) is 105 cm³/mol. The van der Waals surface area contributed by atoms with Crippen LogP contribution in [0.4, 0.5) is 5.69 Å². The fourth-order valence-corrected chi connectivity index (χ4v) is 5.25. The van der Waals surface area contributed by atoms with Crippen LogP contribution in [0.3, 0.4) is 0 Å². The number of nitrogens with zero attached hydrogens (tertiary/aromatic N) is 2. The number of rotatable bonds is 6. The first-order valence-electron chi connectivity index (χ1n) is 8.59. The maximum absolute atomic E-state index is 13.1. The molecule has 7 nitrogen and oxygen atoms in total. The summed E-state index contributed by atoms with van der Waals surface area (Å²) in [5, 5.41) is 8.17. The standard InChI is InChI=1S/C18H20N4O3S2/c1-10-15(18-21-20-17(25-18)12-8-9-12)19-11(2)16(10)27(23,24)22-13-6-4-5-7-14(13)26-3/h4-7,12,19,22H,8-9H2,1-3H3. The fraction of sp³-hybridized carbons (Fsp3) is 0.333. The van der Waals surface area contributed by atoms with Gasteiger partial charge in [-0.1, -0.05) is 12.1 Å². The highest BCUT2D eigenvalue weighted by atomic mass is 32.2. The quantitative estimate of drug-likeness (QED) is 0.600. The Morgan fingerprint density at radius 3 is 2.67 bits per heavy atom. The molecule has 2 heterocycles. The second-order valence-corrected chi connectivity index (χ2v) is 9.07. The van der Waals surface area contributed by atoms with Gasteiger partial charge in [0.15, 0.2) is 0 Å². The molecule has 0 atom stereocenters. The highest BCUT2D eigenvalue weighted by Gasteiger charge is 2.31. The lowest BCUT2D eigenvalue weighted by Crippen LogP contribution is -2.15. The highest BCUT2D eigenvalue weighted by Crippen LogP contribution is 2.40. The summed E-state index contributed by atoms with van der Waals surface area (Å²) in [5.74, 6) is 1.28. The number of hydrogen-bond donors (Lipinski definition) is 2. The molecule has 0 bridgehead atoms. The molecule has 0 spiro atoms. The SMILES string of the molecule is CSc1ccccc1NS(=O)(=O)c1c(C)[nH]c(-c2nnc(C3CC3)o2)c1C. The van der Waals surface area contributed by atoms with Crippen LogP contribution >= 0.6 is 11.8 Å². The van der Waals surface area contributed by atoms with Crippen molar-refractivity contribution in [2.45, 2.75) is 42.4 Å². The van der Waals surface area contributed by atoms with E-state index >= 15 is 0 Å². The van der Waals surface area contributed by atoms with Crippen LogP contribution in [-0.4, -0.2) is 29.9 Å². The lowest BCUT2D eigenvalue weighted by atomic mass is 10.2. The normalized spacial score (nSPS) is 14.5. The van der Waals surface area contributed by atoms with Gasteiger partial charge in [-0.3, -0.25) is 4.72 Å². The second kappa shape index (κ2) is 6.72. The topological polar surface area (TPSA) is 101 Å². The van der Waals surface area contributed by atoms with E-state index in [0.717, 1.165) is 17.7 Å². The summed E-state index contributed by atoms with van der Waals surface area (Å²) < 4.78 is 34.6. The Kier molecular flexibility index (Phi) is 4.51. The number of thioether (sulfide) groups is 1. The smallest absolute Gasteiger partial charge is 0.264 e. The van der Waals surface area contributed by atoms with Crippen molar-refractivity contribution in [2.24, 2.45) is 0 Å². The monoisotopic (exact) mass is 404 g/mol. The molecule has 0 unspecified atom stereocenters. The van der Waals surface area contributed by atoms with Crippen LogP contribution in [0, 0.1) is 13.8 Å². The molecule has 1 aliphatic carbocycles. The highest BCUT2D eigenvalue weighted by molar-refractivity contribution is 7.99. The molecule has 142 valence electrons. The minimum absolute atomic E-state index is 0.208. The zero-order valence-corrected chi connectivity index (χ0v) is 16.9. The van der Waals surface area contributed by atoms with Crippen LogP contribution < -0.4 is 4.72 Å². The second-order valence-electron chi connectivity index (χ2n) is 6.60. The first-order chi connectivity index (χ1) is 12.9. The molecule has 1 aromatic carbocycles. The summed E-state index contributed by atoms with van der Waals surface area (Å²) >= 11 is 1.49. The number of para-hydroxylation sites is 1. The zero-order valence-electron chi connectivity index (χ0n) is 15.2. The van der Waals surface area contributed by atoms with E-state index in [9.17, 15) is 8.42 Å². The Balaban J connectivity index is 1.71. The van der Waals surface area contributed by atoms with Crippen molar-refractivity contribution < 1.29 is 12.8 Å². The third-order valence-corrected chi connectivity index (χ3v) is 7.00. The van der Waals surface area contributed by atoms with Crippen LogP contribution in [0.5, 0.6) is 0 Å². The minimum Gasteiger partial charge on any atom is -0.419 e. The fourth-order valence-electron chi connectivity index (χ4n) is 3.11. The number of nitrogens with one attached hydrogen (secondary N) is 2. The van der Waals surface area contributed by atoms with Gasteiger partial charge in [0.1, 0.15) is 10.6 Å². The van der Waals surface area contributed by atoms with Gasteiger partial charge in [-0.15, -0.1) is 22.0 Å². The van der Waals surface area contributed by atoms with Crippen molar-refractivity contribution >= 4 is 27.5 Å². The molecule has 0 aliphatic heterocycles. The number of anilines is 1. The molecule has 9 heteroatoms. The molecule has 0 radical (unpaired) electrons. The Morgan fingerprint density at radius 1 is 1.22 bits per heavy atom. The van der Waals surface area contributed by atoms with Gasteiger partial charge in [-0.05, 0) is 45.1 Å². The maximum atomic E-state index is 13.1. The lowest BCUT2D eigenvalue weighted by Gasteiger charge is -2.11. The van der Waals surface area contributed by atoms with Crippen LogP contribution in [0.1, 0.15) is 35.9 Å². The summed E-state index contributed by atoms with van der Waals surface area (Å²) in [7, 11) is -3.78. The van der Waals surface area contributed by atoms with Gasteiger partial charge in [0.2, 0.25) is 5.89 Å². The third-order valence-electron chi connectivity index (χ3n) is 4.57. The molecule has 2 N–H and O–H groups in total. The van der Waals surface area contributed by atoms with Gasteiger partial charge in [0, 0.05) is 22.1 Å². The average molecular weight is 405 g/mol. The average Bonchev–Trinajstić information content (AvgIpc) is 3.28. The van der Waals surface area contributed by atoms with E-state index in [0.29, 0.717) is 40.3 Å². The van der Waals surface area contributed by atoms with E-state index in [4.69, 9.17) is 4.42 Å². The number of hydrogen-bond acceptors (Lipinski definition) is 6. The van der Waals surface area contributed by atoms with E-state index in [1.165, 1.54) is 11.8 Å². The summed E-state index contributed by atoms with van der Waals surface area (Å²) in [6.07, 6.45) is 4.02. The van der Waals surface area contributed by atoms with E-state index < -0.39 is 10.0 Å². The number of aromatic amines is 1. The molecule has 4 rings (SSSR count). The molecule has 2 aromatic heterocycles. The Morgan fingerprint density at radius 2 is 1.96 bits per heavy atom. The Hall–Kier alpha value is -2.26. The van der Waals surface area contributed by atoms with Crippen molar-refractivity contribution in [1.82, 2.24) is 15.2 Å². The van der Waals surface area contributed by atoms with Crippen LogP contribution in [-0.2, 0) is 10.0 Å². The molecule has 0 saturated heterocycles. The van der Waals surface area contributed by atoms with Crippen molar-refractivity contribution in [3.8, 4) is 11.6 Å². The largest absolute Gasteiger partial charge is 0.419 e. The van der Waals surface area contributed by atoms with Gasteiger partial charge >= 0.3 is 0 Å². The number of benzene rings is 1. The summed E-state index contributed by atoms with van der Waals surface area (Å²) in [5.41, 5.74) is 2.20. The predicted octanol–water partition coefficient (Wildman–Crippen LogP) is 4.08. The van der Waals surface area contributed by atoms with Gasteiger partial charge in [-0.25, -0.2) is 8.42 Å². The Bertz CT molecular complexity index is 1100. The molecular formula is C18H20N4O3S2. The van der Waals surface area contributed by atoms with Crippen LogP contribution in [0.2, 0.25) is 0 Å². The lowest BCUT2D eigenvalue weighted by molar-refractivity contribution is 0.507. The maximum Gasteiger partial charge on any atom is 0.264 e. The van der Waals surface area contributed by atoms with Gasteiger partial charge in [0.25, 0.3) is 15.9 Å². The van der Waals surface area contributed by atoms with E-state index in [2.05, 4.69) is 19.9 Å². The van der Waals surface area contributed by atoms with Gasteiger partial charge < -0.3 is 9.40 Å². The van der Waals surface area contributed by atoms with Crippen molar-refractivity contribution in [1.29, 1.82) is 0 Å². The number of H-pyrrole nitrogens is 1. The summed E-state index contributed by atoms with van der Waals surface area (Å²) in [4.78, 5) is 4.17. The third kappa shape index (κ3) is 3.37. The molecule has 1 saturated carbocycles. The molecule has 3 aromatic rings. The van der Waals surface area contributed by atoms with E-state index in [-0.39, 0.29) is 4.90 Å².